The number of ether oxygens (including phenoxy) is 2. The Hall–Kier alpha value is -1.10. The first-order valence-corrected chi connectivity index (χ1v) is 5.79. The first-order chi connectivity index (χ1) is 8.27. The van der Waals surface area contributed by atoms with Crippen LogP contribution < -0.4 is 10.1 Å². The van der Waals surface area contributed by atoms with Crippen LogP contribution in [0.3, 0.4) is 0 Å². The van der Waals surface area contributed by atoms with Gasteiger partial charge < -0.3 is 19.9 Å². The number of aliphatic hydroxyl groups is 1. The number of nitrogens with one attached hydrogen (secondary N) is 1. The summed E-state index contributed by atoms with van der Waals surface area (Å²) < 4.78 is 10.0. The van der Waals surface area contributed by atoms with E-state index >= 15 is 0 Å². The van der Waals surface area contributed by atoms with Gasteiger partial charge in [0, 0.05) is 20.3 Å². The van der Waals surface area contributed by atoms with Gasteiger partial charge >= 0.3 is 0 Å². The van der Waals surface area contributed by atoms with Crippen molar-refractivity contribution >= 4 is 0 Å². The second kappa shape index (κ2) is 8.06. The summed E-state index contributed by atoms with van der Waals surface area (Å²) >= 11 is 0. The molecule has 0 saturated carbocycles. The van der Waals surface area contributed by atoms with Crippen molar-refractivity contribution in [3.8, 4) is 5.75 Å². The lowest BCUT2D eigenvalue weighted by Gasteiger charge is -2.12. The molecule has 17 heavy (non-hydrogen) atoms. The summed E-state index contributed by atoms with van der Waals surface area (Å²) in [6.45, 7) is 2.14. The van der Waals surface area contributed by atoms with Crippen molar-refractivity contribution in [2.75, 3.05) is 33.9 Å². The minimum atomic E-state index is -0.483. The molecule has 0 aliphatic heterocycles. The third kappa shape index (κ3) is 5.17. The predicted molar refractivity (Wildman–Crippen MR) is 67.3 cm³/mol. The summed E-state index contributed by atoms with van der Waals surface area (Å²) in [5.41, 5.74) is 0.894. The minimum absolute atomic E-state index is 0.483. The van der Waals surface area contributed by atoms with E-state index < -0.39 is 6.10 Å². The second-order valence-corrected chi connectivity index (χ2v) is 3.84. The highest BCUT2D eigenvalue weighted by molar-refractivity contribution is 5.28. The van der Waals surface area contributed by atoms with E-state index in [1.54, 1.807) is 14.2 Å². The highest BCUT2D eigenvalue weighted by atomic mass is 16.5. The van der Waals surface area contributed by atoms with Crippen molar-refractivity contribution in [2.45, 2.75) is 12.5 Å². The van der Waals surface area contributed by atoms with Gasteiger partial charge in [-0.3, -0.25) is 0 Å². The molecule has 2 N–H and O–H groups in total. The van der Waals surface area contributed by atoms with E-state index in [0.29, 0.717) is 6.54 Å². The fourth-order valence-corrected chi connectivity index (χ4v) is 1.52. The standard InChI is InChI=1S/C13H21NO3/c1-16-9-3-8-14-10-13(15)11-4-6-12(17-2)7-5-11/h4-7,13-15H,3,8-10H2,1-2H3. The number of hydrogen-bond acceptors (Lipinski definition) is 4. The van der Waals surface area contributed by atoms with E-state index in [2.05, 4.69) is 5.32 Å². The number of methoxy groups -OCH3 is 2. The molecular formula is C13H21NO3. The van der Waals surface area contributed by atoms with Gasteiger partial charge in [0.05, 0.1) is 13.2 Å². The van der Waals surface area contributed by atoms with Gasteiger partial charge in [-0.1, -0.05) is 12.1 Å². The van der Waals surface area contributed by atoms with E-state index in [9.17, 15) is 5.11 Å². The third-order valence-corrected chi connectivity index (χ3v) is 2.54. The van der Waals surface area contributed by atoms with E-state index in [0.717, 1.165) is 30.9 Å². The van der Waals surface area contributed by atoms with E-state index in [1.165, 1.54) is 0 Å². The number of rotatable bonds is 8. The van der Waals surface area contributed by atoms with Gasteiger partial charge in [-0.05, 0) is 30.7 Å². The first kappa shape index (κ1) is 14.0. The molecule has 4 nitrogen and oxygen atoms in total. The Bertz CT molecular complexity index is 300. The largest absolute Gasteiger partial charge is 0.497 e. The summed E-state index contributed by atoms with van der Waals surface area (Å²) in [5.74, 6) is 0.800. The molecule has 4 heteroatoms. The lowest BCUT2D eigenvalue weighted by atomic mass is 10.1. The Kier molecular flexibility index (Phi) is 6.62. The zero-order chi connectivity index (χ0) is 12.5. The second-order valence-electron chi connectivity index (χ2n) is 3.84. The number of aliphatic hydroxyl groups excluding tert-OH is 1. The molecule has 0 heterocycles. The molecule has 0 saturated heterocycles. The van der Waals surface area contributed by atoms with Crippen molar-refractivity contribution in [2.24, 2.45) is 0 Å². The molecule has 0 bridgehead atoms. The molecule has 1 aromatic rings. The third-order valence-electron chi connectivity index (χ3n) is 2.54. The fraction of sp³-hybridized carbons (Fsp3) is 0.538. The Morgan fingerprint density at radius 1 is 1.24 bits per heavy atom. The van der Waals surface area contributed by atoms with Crippen molar-refractivity contribution in [3.05, 3.63) is 29.8 Å². The van der Waals surface area contributed by atoms with Crippen LogP contribution in [0.1, 0.15) is 18.1 Å². The van der Waals surface area contributed by atoms with Gasteiger partial charge in [0.25, 0.3) is 0 Å². The van der Waals surface area contributed by atoms with Crippen molar-refractivity contribution in [1.82, 2.24) is 5.32 Å². The summed E-state index contributed by atoms with van der Waals surface area (Å²) in [7, 11) is 3.31. The van der Waals surface area contributed by atoms with E-state index in [4.69, 9.17) is 9.47 Å². The minimum Gasteiger partial charge on any atom is -0.497 e. The molecule has 96 valence electrons. The maximum absolute atomic E-state index is 9.91. The Labute approximate surface area is 103 Å². The lowest BCUT2D eigenvalue weighted by Crippen LogP contribution is -2.23. The van der Waals surface area contributed by atoms with Gasteiger partial charge in [0.15, 0.2) is 0 Å². The maximum atomic E-state index is 9.91. The van der Waals surface area contributed by atoms with Crippen LogP contribution in [0.2, 0.25) is 0 Å². The monoisotopic (exact) mass is 239 g/mol. The van der Waals surface area contributed by atoms with Crippen LogP contribution in [-0.2, 0) is 4.74 Å². The molecular weight excluding hydrogens is 218 g/mol. The van der Waals surface area contributed by atoms with Crippen LogP contribution in [0.15, 0.2) is 24.3 Å². The maximum Gasteiger partial charge on any atom is 0.118 e. The highest BCUT2D eigenvalue weighted by Gasteiger charge is 2.06. The van der Waals surface area contributed by atoms with Crippen LogP contribution in [-0.4, -0.2) is 39.0 Å². The zero-order valence-electron chi connectivity index (χ0n) is 10.5. The first-order valence-electron chi connectivity index (χ1n) is 5.79. The Morgan fingerprint density at radius 3 is 2.53 bits per heavy atom. The molecule has 1 atom stereocenters. The van der Waals surface area contributed by atoms with Gasteiger partial charge in [-0.15, -0.1) is 0 Å². The average molecular weight is 239 g/mol. The SMILES string of the molecule is COCCCNCC(O)c1ccc(OC)cc1. The van der Waals surface area contributed by atoms with Crippen molar-refractivity contribution in [1.29, 1.82) is 0 Å². The molecule has 1 aromatic carbocycles. The number of benzene rings is 1. The Morgan fingerprint density at radius 2 is 1.94 bits per heavy atom. The molecule has 0 aliphatic carbocycles. The summed E-state index contributed by atoms with van der Waals surface area (Å²) in [4.78, 5) is 0. The van der Waals surface area contributed by atoms with Crippen LogP contribution in [0.25, 0.3) is 0 Å². The smallest absolute Gasteiger partial charge is 0.118 e. The van der Waals surface area contributed by atoms with Crippen LogP contribution in [0.5, 0.6) is 5.75 Å². The highest BCUT2D eigenvalue weighted by Crippen LogP contribution is 2.16. The van der Waals surface area contributed by atoms with Crippen molar-refractivity contribution < 1.29 is 14.6 Å². The molecule has 0 fully saturated rings. The lowest BCUT2D eigenvalue weighted by molar-refractivity contribution is 0.168. The van der Waals surface area contributed by atoms with Crippen molar-refractivity contribution in [3.63, 3.8) is 0 Å². The zero-order valence-corrected chi connectivity index (χ0v) is 10.5. The molecule has 1 unspecified atom stereocenters. The van der Waals surface area contributed by atoms with E-state index in [-0.39, 0.29) is 0 Å². The summed E-state index contributed by atoms with van der Waals surface area (Å²) in [6.07, 6.45) is 0.467. The average Bonchev–Trinajstić information content (AvgIpc) is 2.38. The van der Waals surface area contributed by atoms with Gasteiger partial charge in [0.2, 0.25) is 0 Å². The van der Waals surface area contributed by atoms with Crippen LogP contribution in [0, 0.1) is 0 Å². The van der Waals surface area contributed by atoms with Gasteiger partial charge in [0.1, 0.15) is 5.75 Å². The molecule has 0 aromatic heterocycles. The molecule has 0 aliphatic rings. The van der Waals surface area contributed by atoms with Gasteiger partial charge in [-0.25, -0.2) is 0 Å². The van der Waals surface area contributed by atoms with Gasteiger partial charge in [-0.2, -0.15) is 0 Å². The molecule has 0 spiro atoms. The summed E-state index contributed by atoms with van der Waals surface area (Å²) in [6, 6.07) is 7.45. The van der Waals surface area contributed by atoms with Crippen LogP contribution >= 0.6 is 0 Å². The Balaban J connectivity index is 2.28. The number of hydrogen-bond donors (Lipinski definition) is 2. The predicted octanol–water partition coefficient (Wildman–Crippen LogP) is 1.35. The quantitative estimate of drug-likeness (QED) is 0.672. The normalized spacial score (nSPS) is 12.4. The molecule has 0 radical (unpaired) electrons. The van der Waals surface area contributed by atoms with Crippen LogP contribution in [0.4, 0.5) is 0 Å². The molecule has 0 amide bonds. The fourth-order valence-electron chi connectivity index (χ4n) is 1.52. The molecule has 1 rings (SSSR count). The topological polar surface area (TPSA) is 50.7 Å². The summed E-state index contributed by atoms with van der Waals surface area (Å²) in [5, 5.41) is 13.1. The van der Waals surface area contributed by atoms with E-state index in [1.807, 2.05) is 24.3 Å².